The Kier molecular flexibility index (Phi) is 83.2. The van der Waals surface area contributed by atoms with E-state index in [4.69, 9.17) is 0 Å². The van der Waals surface area contributed by atoms with Gasteiger partial charge in [-0.1, -0.05) is 18.6 Å². The number of rotatable bonds is 1. The summed E-state index contributed by atoms with van der Waals surface area (Å²) in [6.07, 6.45) is 3.38. The van der Waals surface area contributed by atoms with Gasteiger partial charge in [0, 0.05) is 0 Å². The molecule has 1 heteroatoms. The zero-order chi connectivity index (χ0) is 6.99. The Bertz CT molecular complexity index is 51.9. The standard InChI is InChI=1S/C6H12.C2H5.2CH3.Y/c1-4-5-6(2)3;1-2;;;/h5H,4H2,1-3H3;1H2,2H3;2*1H3;/q;3*-1;+3. The van der Waals surface area contributed by atoms with Crippen LogP contribution in [0.1, 0.15) is 34.1 Å². The third-order valence-corrected chi connectivity index (χ3v) is 0.612. The van der Waals surface area contributed by atoms with Crippen LogP contribution in [0.15, 0.2) is 11.6 Å². The molecule has 0 aromatic carbocycles. The molecule has 0 nitrogen and oxygen atoms in total. The monoisotopic (exact) mass is 232 g/mol. The summed E-state index contributed by atoms with van der Waals surface area (Å²) in [5, 5.41) is 0. The van der Waals surface area contributed by atoms with Gasteiger partial charge in [-0.25, -0.2) is 0 Å². The molecule has 0 aliphatic heterocycles. The van der Waals surface area contributed by atoms with Crippen molar-refractivity contribution in [3.05, 3.63) is 33.4 Å². The van der Waals surface area contributed by atoms with E-state index < -0.39 is 0 Å². The fourth-order valence-electron chi connectivity index (χ4n) is 0.408. The van der Waals surface area contributed by atoms with Crippen LogP contribution >= 0.6 is 0 Å². The molecule has 0 radical (unpaired) electrons. The topological polar surface area (TPSA) is 0 Å². The molecule has 0 heterocycles. The van der Waals surface area contributed by atoms with Crippen LogP contribution in [0.25, 0.3) is 0 Å². The smallest absolute Gasteiger partial charge is 0.358 e. The molecule has 0 unspecified atom stereocenters. The van der Waals surface area contributed by atoms with E-state index in [0.717, 1.165) is 0 Å². The molecule has 0 saturated heterocycles. The largest absolute Gasteiger partial charge is 3.00 e. The Morgan fingerprint density at radius 2 is 1.45 bits per heavy atom. The Balaban J connectivity index is -0.0000000222. The first-order valence-electron chi connectivity index (χ1n) is 3.11. The quantitative estimate of drug-likeness (QED) is 0.471. The molecule has 0 aliphatic carbocycles. The number of allylic oxidation sites excluding steroid dienone is 2. The molecule has 0 N–H and O–H groups in total. The van der Waals surface area contributed by atoms with E-state index in [-0.39, 0.29) is 47.6 Å². The molecule has 0 saturated carbocycles. The second-order valence-corrected chi connectivity index (χ2v) is 1.69. The predicted octanol–water partition coefficient (Wildman–Crippen LogP) is 4.10. The van der Waals surface area contributed by atoms with Crippen LogP contribution in [0.2, 0.25) is 0 Å². The van der Waals surface area contributed by atoms with Crippen LogP contribution < -0.4 is 0 Å². The summed E-state index contributed by atoms with van der Waals surface area (Å²) in [4.78, 5) is 0. The molecule has 0 aliphatic rings. The molecule has 0 amide bonds. The minimum atomic E-state index is 0. The molecule has 0 aromatic heterocycles. The van der Waals surface area contributed by atoms with Crippen LogP contribution in [0.4, 0.5) is 0 Å². The summed E-state index contributed by atoms with van der Waals surface area (Å²) in [6, 6.07) is 0. The van der Waals surface area contributed by atoms with Crippen molar-refractivity contribution in [3.63, 3.8) is 0 Å². The molecular formula is C10H23Y. The zero-order valence-electron chi connectivity index (χ0n) is 9.07. The number of hydrogen-bond acceptors (Lipinski definition) is 0. The first kappa shape index (κ1) is 29.7. The van der Waals surface area contributed by atoms with E-state index in [9.17, 15) is 0 Å². The molecule has 0 bridgehead atoms. The third-order valence-electron chi connectivity index (χ3n) is 0.612. The van der Waals surface area contributed by atoms with Crippen molar-refractivity contribution >= 4 is 0 Å². The van der Waals surface area contributed by atoms with Gasteiger partial charge in [-0.3, -0.25) is 0 Å². The van der Waals surface area contributed by atoms with Crippen molar-refractivity contribution in [1.29, 1.82) is 0 Å². The molecule has 0 fully saturated rings. The Morgan fingerprint density at radius 1 is 1.18 bits per heavy atom. The summed E-state index contributed by atoms with van der Waals surface area (Å²) in [5.41, 5.74) is 1.41. The van der Waals surface area contributed by atoms with E-state index in [1.165, 1.54) is 12.0 Å². The Labute approximate surface area is 99.7 Å². The first-order valence-corrected chi connectivity index (χ1v) is 3.11. The normalized spacial score (nSPS) is 4.82. The molecular weight excluding hydrogens is 209 g/mol. The summed E-state index contributed by atoms with van der Waals surface area (Å²) >= 11 is 0. The average Bonchev–Trinajstić information content (AvgIpc) is 1.72. The second kappa shape index (κ2) is 30.8. The summed E-state index contributed by atoms with van der Waals surface area (Å²) < 4.78 is 0. The average molecular weight is 232 g/mol. The van der Waals surface area contributed by atoms with Gasteiger partial charge in [0.2, 0.25) is 0 Å². The van der Waals surface area contributed by atoms with Gasteiger partial charge in [-0.15, -0.1) is 0 Å². The Morgan fingerprint density at radius 3 is 1.45 bits per heavy atom. The van der Waals surface area contributed by atoms with Crippen molar-refractivity contribution in [1.82, 2.24) is 0 Å². The maximum atomic E-state index is 3.25. The van der Waals surface area contributed by atoms with E-state index in [1.54, 1.807) is 6.92 Å². The fourth-order valence-corrected chi connectivity index (χ4v) is 0.408. The van der Waals surface area contributed by atoms with Crippen LogP contribution in [0.3, 0.4) is 0 Å². The zero-order valence-corrected chi connectivity index (χ0v) is 11.9. The van der Waals surface area contributed by atoms with E-state index in [1.807, 2.05) is 0 Å². The van der Waals surface area contributed by atoms with Gasteiger partial charge in [0.05, 0.1) is 0 Å². The predicted molar refractivity (Wildman–Crippen MR) is 53.6 cm³/mol. The molecule has 0 rings (SSSR count). The summed E-state index contributed by atoms with van der Waals surface area (Å²) in [5.74, 6) is 0. The van der Waals surface area contributed by atoms with Crippen molar-refractivity contribution in [2.45, 2.75) is 34.1 Å². The van der Waals surface area contributed by atoms with Crippen molar-refractivity contribution in [2.24, 2.45) is 0 Å². The molecule has 11 heavy (non-hydrogen) atoms. The summed E-state index contributed by atoms with van der Waals surface area (Å²) in [7, 11) is 0. The number of hydrogen-bond donors (Lipinski definition) is 0. The molecule has 0 atom stereocenters. The van der Waals surface area contributed by atoms with E-state index in [0.29, 0.717) is 0 Å². The Hall–Kier alpha value is 0.844. The maximum absolute atomic E-state index is 3.25. The van der Waals surface area contributed by atoms with Crippen LogP contribution in [-0.2, 0) is 32.7 Å². The molecule has 0 aromatic rings. The summed E-state index contributed by atoms with van der Waals surface area (Å²) in [6.45, 7) is 11.4. The van der Waals surface area contributed by atoms with Gasteiger partial charge in [0.25, 0.3) is 0 Å². The van der Waals surface area contributed by atoms with Gasteiger partial charge in [0.1, 0.15) is 0 Å². The van der Waals surface area contributed by atoms with Crippen molar-refractivity contribution in [3.8, 4) is 0 Å². The van der Waals surface area contributed by atoms with Gasteiger partial charge in [-0.05, 0) is 20.3 Å². The maximum Gasteiger partial charge on any atom is 3.00 e. The second-order valence-electron chi connectivity index (χ2n) is 1.69. The van der Waals surface area contributed by atoms with Crippen LogP contribution in [0, 0.1) is 21.8 Å². The molecule has 66 valence electrons. The van der Waals surface area contributed by atoms with Gasteiger partial charge in [-0.2, -0.15) is 6.92 Å². The fraction of sp³-hybridized carbons (Fsp3) is 0.500. The van der Waals surface area contributed by atoms with Crippen molar-refractivity contribution < 1.29 is 32.7 Å². The third kappa shape index (κ3) is 57.4. The SMILES string of the molecule is CCC=C(C)C.[CH2-]C.[CH3-].[CH3-].[Y+3]. The van der Waals surface area contributed by atoms with E-state index >= 15 is 0 Å². The van der Waals surface area contributed by atoms with Gasteiger partial charge in [0.15, 0.2) is 0 Å². The molecule has 0 spiro atoms. The van der Waals surface area contributed by atoms with Crippen molar-refractivity contribution in [2.75, 3.05) is 0 Å². The first-order chi connectivity index (χ1) is 3.77. The van der Waals surface area contributed by atoms with E-state index in [2.05, 4.69) is 33.8 Å². The van der Waals surface area contributed by atoms with Crippen LogP contribution in [0.5, 0.6) is 0 Å². The minimum absolute atomic E-state index is 0. The van der Waals surface area contributed by atoms with Gasteiger partial charge >= 0.3 is 32.7 Å². The van der Waals surface area contributed by atoms with Crippen LogP contribution in [-0.4, -0.2) is 0 Å². The minimum Gasteiger partial charge on any atom is -0.358 e. The van der Waals surface area contributed by atoms with Gasteiger partial charge < -0.3 is 21.8 Å².